The molecule has 7 heteroatoms. The number of nitrogens with one attached hydrogen (secondary N) is 1. The molecule has 0 bridgehead atoms. The second kappa shape index (κ2) is 9.27. The Balaban J connectivity index is 1.64. The van der Waals surface area contributed by atoms with Gasteiger partial charge in [-0.25, -0.2) is 0 Å². The van der Waals surface area contributed by atoms with Crippen LogP contribution in [0, 0.1) is 10.1 Å². The topological polar surface area (TPSA) is 102 Å². The molecule has 2 N–H and O–H groups in total. The third kappa shape index (κ3) is 6.14. The van der Waals surface area contributed by atoms with Crippen molar-refractivity contribution in [2.24, 2.45) is 0 Å². The van der Waals surface area contributed by atoms with Gasteiger partial charge in [-0.2, -0.15) is 0 Å². The van der Waals surface area contributed by atoms with Gasteiger partial charge in [0, 0.05) is 19.0 Å². The molecule has 0 heterocycles. The molecule has 0 spiro atoms. The molecule has 25 heavy (non-hydrogen) atoms. The average molecular weight is 344 g/mol. The number of rotatable bonds is 9. The minimum absolute atomic E-state index is 0.0825. The second-order valence-electron chi connectivity index (χ2n) is 5.44. The van der Waals surface area contributed by atoms with Gasteiger partial charge in [-0.3, -0.25) is 14.9 Å². The number of para-hydroxylation sites is 2. The summed E-state index contributed by atoms with van der Waals surface area (Å²) in [5.74, 6) is 0.330. The molecular weight excluding hydrogens is 324 g/mol. The Kier molecular flexibility index (Phi) is 6.76. The molecule has 1 amide bonds. The summed E-state index contributed by atoms with van der Waals surface area (Å²) in [4.78, 5) is 22.1. The van der Waals surface area contributed by atoms with E-state index in [-0.39, 0.29) is 36.1 Å². The van der Waals surface area contributed by atoms with Gasteiger partial charge in [0.2, 0.25) is 5.91 Å². The zero-order chi connectivity index (χ0) is 18.1. The van der Waals surface area contributed by atoms with Crippen molar-refractivity contribution in [1.82, 2.24) is 5.32 Å². The van der Waals surface area contributed by atoms with Crippen LogP contribution in [0.1, 0.15) is 18.4 Å². The van der Waals surface area contributed by atoms with Gasteiger partial charge in [0.05, 0.1) is 11.5 Å². The quantitative estimate of drug-likeness (QED) is 0.414. The van der Waals surface area contributed by atoms with Crippen molar-refractivity contribution in [3.63, 3.8) is 0 Å². The van der Waals surface area contributed by atoms with E-state index in [4.69, 9.17) is 4.74 Å². The Morgan fingerprint density at radius 2 is 1.88 bits per heavy atom. The third-order valence-electron chi connectivity index (χ3n) is 3.54. The molecule has 0 unspecified atom stereocenters. The molecule has 0 saturated heterocycles. The number of carbonyl (C=O) groups is 1. The van der Waals surface area contributed by atoms with Gasteiger partial charge in [-0.15, -0.1) is 0 Å². The monoisotopic (exact) mass is 344 g/mol. The van der Waals surface area contributed by atoms with Crippen molar-refractivity contribution >= 4 is 11.6 Å². The van der Waals surface area contributed by atoms with E-state index < -0.39 is 4.92 Å². The number of carbonyl (C=O) groups excluding carboxylic acids is 1. The minimum Gasteiger partial charge on any atom is -0.508 e. The summed E-state index contributed by atoms with van der Waals surface area (Å²) in [5, 5.41) is 22.9. The maximum absolute atomic E-state index is 11.8. The normalized spacial score (nSPS) is 10.2. The van der Waals surface area contributed by atoms with Crippen LogP contribution in [0.15, 0.2) is 48.5 Å². The summed E-state index contributed by atoms with van der Waals surface area (Å²) in [7, 11) is 0. The highest BCUT2D eigenvalue weighted by Gasteiger charge is 2.13. The molecule has 2 aromatic rings. The first-order valence-corrected chi connectivity index (χ1v) is 7.97. The number of ether oxygens (including phenoxy) is 1. The molecule has 2 rings (SSSR count). The van der Waals surface area contributed by atoms with Crippen LogP contribution in [0.3, 0.4) is 0 Å². The van der Waals surface area contributed by atoms with Crippen LogP contribution < -0.4 is 10.1 Å². The Morgan fingerprint density at radius 3 is 2.60 bits per heavy atom. The van der Waals surface area contributed by atoms with Crippen molar-refractivity contribution in [1.29, 1.82) is 0 Å². The molecular formula is C18H20N2O5. The number of hydrogen-bond donors (Lipinski definition) is 2. The highest BCUT2D eigenvalue weighted by molar-refractivity contribution is 5.75. The smallest absolute Gasteiger partial charge is 0.310 e. The lowest BCUT2D eigenvalue weighted by Crippen LogP contribution is -2.25. The van der Waals surface area contributed by atoms with Gasteiger partial charge in [0.25, 0.3) is 0 Å². The molecule has 0 aromatic heterocycles. The van der Waals surface area contributed by atoms with Crippen LogP contribution in [0.4, 0.5) is 5.69 Å². The van der Waals surface area contributed by atoms with Gasteiger partial charge >= 0.3 is 5.69 Å². The number of hydrogen-bond acceptors (Lipinski definition) is 5. The van der Waals surface area contributed by atoms with Crippen molar-refractivity contribution < 1.29 is 19.6 Å². The summed E-state index contributed by atoms with van der Waals surface area (Å²) in [6.45, 7) is 0.741. The zero-order valence-electron chi connectivity index (χ0n) is 13.7. The van der Waals surface area contributed by atoms with Crippen LogP contribution in [0.2, 0.25) is 0 Å². The van der Waals surface area contributed by atoms with Crippen LogP contribution in [0.5, 0.6) is 11.5 Å². The number of nitrogens with zero attached hydrogens (tertiary/aromatic N) is 1. The van der Waals surface area contributed by atoms with E-state index in [1.807, 2.05) is 12.1 Å². The first-order chi connectivity index (χ1) is 12.1. The molecule has 0 aliphatic carbocycles. The lowest BCUT2D eigenvalue weighted by atomic mass is 10.1. The van der Waals surface area contributed by atoms with Crippen molar-refractivity contribution in [2.75, 3.05) is 13.2 Å². The van der Waals surface area contributed by atoms with Gasteiger partial charge in [0.15, 0.2) is 5.75 Å². The molecule has 0 aliphatic heterocycles. The SMILES string of the molecule is O=C(CCCOc1ccccc1[N+](=O)[O-])NCCc1ccc(O)cc1. The van der Waals surface area contributed by atoms with Crippen molar-refractivity contribution in [3.05, 3.63) is 64.2 Å². The first-order valence-electron chi connectivity index (χ1n) is 7.97. The van der Waals surface area contributed by atoms with Crippen molar-refractivity contribution in [3.8, 4) is 11.5 Å². The molecule has 7 nitrogen and oxygen atoms in total. The maximum atomic E-state index is 11.8. The largest absolute Gasteiger partial charge is 0.508 e. The number of benzene rings is 2. The number of amides is 1. The first kappa shape index (κ1) is 18.3. The van der Waals surface area contributed by atoms with Crippen LogP contribution in [-0.4, -0.2) is 29.1 Å². The Morgan fingerprint density at radius 1 is 1.16 bits per heavy atom. The van der Waals surface area contributed by atoms with Crippen LogP contribution in [-0.2, 0) is 11.2 Å². The van der Waals surface area contributed by atoms with E-state index in [1.54, 1.807) is 24.3 Å². The minimum atomic E-state index is -0.495. The van der Waals surface area contributed by atoms with E-state index in [1.165, 1.54) is 12.1 Å². The summed E-state index contributed by atoms with van der Waals surface area (Å²) < 4.78 is 5.39. The Labute approximate surface area is 145 Å². The van der Waals surface area contributed by atoms with E-state index in [0.717, 1.165) is 5.56 Å². The van der Waals surface area contributed by atoms with Gasteiger partial charge < -0.3 is 15.2 Å². The average Bonchev–Trinajstić information content (AvgIpc) is 2.60. The number of phenols is 1. The summed E-state index contributed by atoms with van der Waals surface area (Å²) in [6, 6.07) is 13.0. The summed E-state index contributed by atoms with van der Waals surface area (Å²) >= 11 is 0. The predicted molar refractivity (Wildman–Crippen MR) is 92.6 cm³/mol. The number of phenolic OH excluding ortho intramolecular Hbond substituents is 1. The molecule has 0 radical (unpaired) electrons. The highest BCUT2D eigenvalue weighted by atomic mass is 16.6. The van der Waals surface area contributed by atoms with Crippen LogP contribution >= 0.6 is 0 Å². The third-order valence-corrected chi connectivity index (χ3v) is 3.54. The number of nitro benzene ring substituents is 1. The standard InChI is InChI=1S/C18H20N2O5/c21-15-9-7-14(8-10-15)11-12-19-18(22)6-3-13-25-17-5-2-1-4-16(17)20(23)24/h1-2,4-5,7-10,21H,3,6,11-13H2,(H,19,22). The summed E-state index contributed by atoms with van der Waals surface area (Å²) in [5.41, 5.74) is 0.943. The molecule has 0 fully saturated rings. The van der Waals surface area contributed by atoms with E-state index >= 15 is 0 Å². The fourth-order valence-corrected chi connectivity index (χ4v) is 2.24. The van der Waals surface area contributed by atoms with E-state index in [0.29, 0.717) is 19.4 Å². The molecule has 0 atom stereocenters. The second-order valence-corrected chi connectivity index (χ2v) is 5.44. The van der Waals surface area contributed by atoms with E-state index in [2.05, 4.69) is 5.32 Å². The Bertz CT molecular complexity index is 716. The fourth-order valence-electron chi connectivity index (χ4n) is 2.24. The Hall–Kier alpha value is -3.09. The molecule has 0 saturated carbocycles. The van der Waals surface area contributed by atoms with Gasteiger partial charge in [-0.1, -0.05) is 24.3 Å². The number of aromatic hydroxyl groups is 1. The van der Waals surface area contributed by atoms with E-state index in [9.17, 15) is 20.0 Å². The molecule has 132 valence electrons. The molecule has 2 aromatic carbocycles. The van der Waals surface area contributed by atoms with Crippen LogP contribution in [0.25, 0.3) is 0 Å². The number of nitro groups is 1. The summed E-state index contributed by atoms with van der Waals surface area (Å²) in [6.07, 6.45) is 1.44. The fraction of sp³-hybridized carbons (Fsp3) is 0.278. The highest BCUT2D eigenvalue weighted by Crippen LogP contribution is 2.25. The van der Waals surface area contributed by atoms with Gasteiger partial charge in [0.1, 0.15) is 5.75 Å². The molecule has 0 aliphatic rings. The van der Waals surface area contributed by atoms with Gasteiger partial charge in [-0.05, 0) is 36.6 Å². The van der Waals surface area contributed by atoms with Crippen molar-refractivity contribution in [2.45, 2.75) is 19.3 Å². The zero-order valence-corrected chi connectivity index (χ0v) is 13.7. The lowest BCUT2D eigenvalue weighted by molar-refractivity contribution is -0.385. The maximum Gasteiger partial charge on any atom is 0.310 e. The lowest BCUT2D eigenvalue weighted by Gasteiger charge is -2.07. The predicted octanol–water partition coefficient (Wildman–Crippen LogP) is 2.82.